The van der Waals surface area contributed by atoms with E-state index in [1.807, 2.05) is 42.6 Å². The molecular formula is C19H17N3O2S. The van der Waals surface area contributed by atoms with Gasteiger partial charge in [0, 0.05) is 34.4 Å². The van der Waals surface area contributed by atoms with Gasteiger partial charge in [-0.3, -0.25) is 14.6 Å². The molecule has 25 heavy (non-hydrogen) atoms. The lowest BCUT2D eigenvalue weighted by Crippen LogP contribution is -2.43. The molecule has 3 amide bonds. The second-order valence-corrected chi connectivity index (χ2v) is 7.45. The first-order valence-electron chi connectivity index (χ1n) is 8.47. The fourth-order valence-corrected chi connectivity index (χ4v) is 5.00. The lowest BCUT2D eigenvalue weighted by molar-refractivity contribution is -0.128. The number of aromatic amines is 1. The first kappa shape index (κ1) is 14.7. The van der Waals surface area contributed by atoms with Crippen LogP contribution in [0, 0.1) is 0 Å². The molecule has 1 fully saturated rings. The first-order chi connectivity index (χ1) is 12.2. The standard InChI is InChI=1S/C19H17N3O2S/c1-2-21-18(23)14-10-12-11-6-3-4-7-13(11)20-16(12)17(22(14)19(21)24)15-8-5-9-25-15/h3-9,14,17,20H,2,10H2,1H3/t14-,17-/m0/s1. The molecule has 5 rings (SSSR count). The van der Waals surface area contributed by atoms with Gasteiger partial charge >= 0.3 is 6.03 Å². The van der Waals surface area contributed by atoms with Gasteiger partial charge in [0.15, 0.2) is 0 Å². The van der Waals surface area contributed by atoms with Crippen molar-refractivity contribution in [3.05, 3.63) is 57.9 Å². The van der Waals surface area contributed by atoms with Gasteiger partial charge in [-0.25, -0.2) is 4.79 Å². The van der Waals surface area contributed by atoms with Crippen LogP contribution in [0.25, 0.3) is 10.9 Å². The van der Waals surface area contributed by atoms with E-state index in [0.29, 0.717) is 13.0 Å². The zero-order valence-electron chi connectivity index (χ0n) is 13.7. The number of hydrogen-bond acceptors (Lipinski definition) is 3. The fraction of sp³-hybridized carbons (Fsp3) is 0.263. The summed E-state index contributed by atoms with van der Waals surface area (Å²) < 4.78 is 0. The van der Waals surface area contributed by atoms with E-state index in [-0.39, 0.29) is 18.0 Å². The Bertz CT molecular complexity index is 991. The second kappa shape index (κ2) is 5.20. The van der Waals surface area contributed by atoms with Crippen LogP contribution in [0.5, 0.6) is 0 Å². The SMILES string of the molecule is CCN1C(=O)[C@@H]2Cc3c([nH]c4ccccc34)[C@H](c3cccs3)N2C1=O. The number of rotatable bonds is 2. The maximum atomic E-state index is 12.9. The second-order valence-electron chi connectivity index (χ2n) is 6.47. The van der Waals surface area contributed by atoms with Crippen LogP contribution in [0.1, 0.15) is 29.1 Å². The third-order valence-corrected chi connectivity index (χ3v) is 6.19. The highest BCUT2D eigenvalue weighted by molar-refractivity contribution is 7.10. The summed E-state index contributed by atoms with van der Waals surface area (Å²) in [4.78, 5) is 33.5. The number of nitrogens with zero attached hydrogens (tertiary/aromatic N) is 2. The molecular weight excluding hydrogens is 334 g/mol. The van der Waals surface area contributed by atoms with Crippen molar-refractivity contribution < 1.29 is 9.59 Å². The number of hydrogen-bond donors (Lipinski definition) is 1. The van der Waals surface area contributed by atoms with Crippen molar-refractivity contribution in [2.75, 3.05) is 6.54 Å². The Balaban J connectivity index is 1.76. The molecule has 2 aromatic heterocycles. The molecule has 0 aliphatic carbocycles. The summed E-state index contributed by atoms with van der Waals surface area (Å²) in [5, 5.41) is 3.16. The van der Waals surface area contributed by atoms with E-state index in [0.717, 1.165) is 27.0 Å². The van der Waals surface area contributed by atoms with Crippen molar-refractivity contribution in [2.24, 2.45) is 0 Å². The summed E-state index contributed by atoms with van der Waals surface area (Å²) in [7, 11) is 0. The number of carbonyl (C=O) groups is 2. The highest BCUT2D eigenvalue weighted by Crippen LogP contribution is 2.44. The Morgan fingerprint density at radius 3 is 2.80 bits per heavy atom. The predicted octanol–water partition coefficient (Wildman–Crippen LogP) is 3.53. The summed E-state index contributed by atoms with van der Waals surface area (Å²) >= 11 is 1.62. The molecule has 1 aromatic carbocycles. The molecule has 0 unspecified atom stereocenters. The average molecular weight is 351 g/mol. The maximum Gasteiger partial charge on any atom is 0.328 e. The van der Waals surface area contributed by atoms with Gasteiger partial charge in [-0.15, -0.1) is 11.3 Å². The lowest BCUT2D eigenvalue weighted by atomic mass is 9.91. The van der Waals surface area contributed by atoms with Crippen molar-refractivity contribution in [3.8, 4) is 0 Å². The molecule has 2 atom stereocenters. The van der Waals surface area contributed by atoms with Gasteiger partial charge in [0.05, 0.1) is 0 Å². The topological polar surface area (TPSA) is 56.4 Å². The molecule has 1 N–H and O–H groups in total. The minimum absolute atomic E-state index is 0.0787. The molecule has 2 aliphatic rings. The lowest BCUT2D eigenvalue weighted by Gasteiger charge is -2.35. The molecule has 0 spiro atoms. The Hall–Kier alpha value is -2.60. The number of H-pyrrole nitrogens is 1. The molecule has 0 radical (unpaired) electrons. The van der Waals surface area contributed by atoms with Gasteiger partial charge in [-0.1, -0.05) is 24.3 Å². The number of aromatic nitrogens is 1. The summed E-state index contributed by atoms with van der Waals surface area (Å²) in [6.45, 7) is 2.26. The normalized spacial score (nSPS) is 22.6. The highest BCUT2D eigenvalue weighted by atomic mass is 32.1. The van der Waals surface area contributed by atoms with Crippen molar-refractivity contribution in [1.29, 1.82) is 0 Å². The molecule has 4 heterocycles. The van der Waals surface area contributed by atoms with Crippen LogP contribution < -0.4 is 0 Å². The van der Waals surface area contributed by atoms with Gasteiger partial charge in [-0.2, -0.15) is 0 Å². The number of likely N-dealkylation sites (N-methyl/N-ethyl adjacent to an activating group) is 1. The molecule has 0 bridgehead atoms. The monoisotopic (exact) mass is 351 g/mol. The Labute approximate surface area is 148 Å². The number of nitrogens with one attached hydrogen (secondary N) is 1. The molecule has 6 heteroatoms. The molecule has 5 nitrogen and oxygen atoms in total. The third kappa shape index (κ3) is 1.88. The minimum Gasteiger partial charge on any atom is -0.356 e. The van der Waals surface area contributed by atoms with Gasteiger partial charge in [0.2, 0.25) is 0 Å². The zero-order valence-corrected chi connectivity index (χ0v) is 14.5. The fourth-order valence-electron chi connectivity index (χ4n) is 4.17. The van der Waals surface area contributed by atoms with Crippen LogP contribution >= 0.6 is 11.3 Å². The zero-order chi connectivity index (χ0) is 17.1. The number of benzene rings is 1. The van der Waals surface area contributed by atoms with Crippen LogP contribution in [0.4, 0.5) is 4.79 Å². The van der Waals surface area contributed by atoms with Crippen molar-refractivity contribution >= 4 is 34.2 Å². The van der Waals surface area contributed by atoms with E-state index in [1.54, 1.807) is 16.2 Å². The Morgan fingerprint density at radius 1 is 1.20 bits per heavy atom. The van der Waals surface area contributed by atoms with Crippen LogP contribution in [0.3, 0.4) is 0 Å². The maximum absolute atomic E-state index is 12.9. The van der Waals surface area contributed by atoms with E-state index in [4.69, 9.17) is 0 Å². The van der Waals surface area contributed by atoms with Crippen molar-refractivity contribution in [2.45, 2.75) is 25.4 Å². The van der Waals surface area contributed by atoms with Crippen LogP contribution in [-0.4, -0.2) is 39.3 Å². The van der Waals surface area contributed by atoms with Gasteiger partial charge in [0.1, 0.15) is 12.1 Å². The number of amides is 3. The third-order valence-electron chi connectivity index (χ3n) is 5.26. The Kier molecular flexibility index (Phi) is 3.06. The number of carbonyl (C=O) groups excluding carboxylic acids is 2. The van der Waals surface area contributed by atoms with Crippen molar-refractivity contribution in [1.82, 2.24) is 14.8 Å². The van der Waals surface area contributed by atoms with E-state index >= 15 is 0 Å². The molecule has 2 aliphatic heterocycles. The quantitative estimate of drug-likeness (QED) is 0.718. The van der Waals surface area contributed by atoms with Crippen LogP contribution in [-0.2, 0) is 11.2 Å². The van der Waals surface area contributed by atoms with Gasteiger partial charge in [-0.05, 0) is 30.0 Å². The van der Waals surface area contributed by atoms with Crippen LogP contribution in [0.2, 0.25) is 0 Å². The van der Waals surface area contributed by atoms with Gasteiger partial charge < -0.3 is 4.98 Å². The molecule has 1 saturated heterocycles. The van der Waals surface area contributed by atoms with Crippen molar-refractivity contribution in [3.63, 3.8) is 0 Å². The molecule has 0 saturated carbocycles. The van der Waals surface area contributed by atoms with Gasteiger partial charge in [0.25, 0.3) is 5.91 Å². The number of para-hydroxylation sites is 1. The number of urea groups is 1. The summed E-state index contributed by atoms with van der Waals surface area (Å²) in [6.07, 6.45) is 0.572. The number of fused-ring (bicyclic) bond motifs is 4. The molecule has 126 valence electrons. The summed E-state index contributed by atoms with van der Waals surface area (Å²) in [5.41, 5.74) is 3.26. The van der Waals surface area contributed by atoms with E-state index in [1.165, 1.54) is 4.90 Å². The molecule has 3 aromatic rings. The van der Waals surface area contributed by atoms with Crippen LogP contribution in [0.15, 0.2) is 41.8 Å². The van der Waals surface area contributed by atoms with E-state index in [2.05, 4.69) is 11.1 Å². The highest BCUT2D eigenvalue weighted by Gasteiger charge is 2.52. The number of imide groups is 1. The largest absolute Gasteiger partial charge is 0.356 e. The summed E-state index contributed by atoms with van der Waals surface area (Å²) in [6, 6.07) is 11.4. The van der Waals surface area contributed by atoms with E-state index < -0.39 is 6.04 Å². The summed E-state index contributed by atoms with van der Waals surface area (Å²) in [5.74, 6) is -0.0787. The predicted molar refractivity (Wildman–Crippen MR) is 96.6 cm³/mol. The average Bonchev–Trinajstić information content (AvgIpc) is 3.32. The Morgan fingerprint density at radius 2 is 2.04 bits per heavy atom. The first-order valence-corrected chi connectivity index (χ1v) is 9.35. The minimum atomic E-state index is -0.411. The smallest absolute Gasteiger partial charge is 0.328 e. The number of thiophene rings is 1. The van der Waals surface area contributed by atoms with E-state index in [9.17, 15) is 9.59 Å².